The zero-order valence-corrected chi connectivity index (χ0v) is 19.5. The minimum absolute atomic E-state index is 0.112. The first-order chi connectivity index (χ1) is 15.0. The number of hydrazone groups is 1. The predicted molar refractivity (Wildman–Crippen MR) is 129 cm³/mol. The van der Waals surface area contributed by atoms with Gasteiger partial charge in [-0.15, -0.1) is 0 Å². The molecule has 0 atom stereocenters. The highest BCUT2D eigenvalue weighted by Gasteiger charge is 2.32. The first-order valence-electron chi connectivity index (χ1n) is 10.2. The predicted octanol–water partition coefficient (Wildman–Crippen LogP) is 6.25. The molecule has 2 aromatic rings. The average molecular weight is 454 g/mol. The van der Waals surface area contributed by atoms with E-state index in [4.69, 9.17) is 16.3 Å². The molecule has 0 aliphatic carbocycles. The molecule has 2 heterocycles. The van der Waals surface area contributed by atoms with Gasteiger partial charge in [0.05, 0.1) is 34.8 Å². The Hall–Kier alpha value is -2.70. The number of carbonyl (C=O) groups excluding carboxylic acids is 1. The van der Waals surface area contributed by atoms with Crippen molar-refractivity contribution < 1.29 is 9.53 Å². The van der Waals surface area contributed by atoms with Crippen LogP contribution in [0.5, 0.6) is 5.75 Å². The summed E-state index contributed by atoms with van der Waals surface area (Å²) in [6.45, 7) is 6.90. The zero-order chi connectivity index (χ0) is 22.1. The number of ether oxygens (including phenoxy) is 1. The van der Waals surface area contributed by atoms with Gasteiger partial charge in [0.2, 0.25) is 0 Å². The molecule has 4 rings (SSSR count). The van der Waals surface area contributed by atoms with E-state index in [0.29, 0.717) is 16.3 Å². The van der Waals surface area contributed by atoms with Crippen molar-refractivity contribution in [3.05, 3.63) is 69.7 Å². The third-order valence-corrected chi connectivity index (χ3v) is 6.71. The Morgan fingerprint density at radius 3 is 2.58 bits per heavy atom. The van der Waals surface area contributed by atoms with Crippen molar-refractivity contribution in [1.82, 2.24) is 0 Å². The number of hydrogen-bond acceptors (Lipinski definition) is 5. The van der Waals surface area contributed by atoms with Crippen LogP contribution in [0.1, 0.15) is 27.2 Å². The maximum absolute atomic E-state index is 13.3. The van der Waals surface area contributed by atoms with Gasteiger partial charge in [0.15, 0.2) is 0 Å². The van der Waals surface area contributed by atoms with Crippen LogP contribution in [-0.2, 0) is 4.79 Å². The number of methoxy groups -OCH3 is 1. The molecular formula is C24H24ClN3O2S. The van der Waals surface area contributed by atoms with Gasteiger partial charge in [-0.2, -0.15) is 10.1 Å². The van der Waals surface area contributed by atoms with Crippen molar-refractivity contribution >= 4 is 46.4 Å². The number of thioether (sulfide) groups is 1. The largest absolute Gasteiger partial charge is 0.497 e. The topological polar surface area (TPSA) is 45.1 Å². The number of allylic oxidation sites excluding steroid dienone is 2. The first kappa shape index (κ1) is 21.5. The SMILES string of the molecule is CCC(C=C1Sc2ccc(OC)cc2N1CC)=C1C(=O)N(c2ccc(Cl)cc2)N=C1C. The molecule has 0 saturated carbocycles. The molecule has 2 aliphatic rings. The highest BCUT2D eigenvalue weighted by atomic mass is 35.5. The standard InChI is InChI=1S/C24H24ClN3O2S/c1-5-16(13-22-27(6-2)20-14-19(30-4)11-12-21(20)31-22)23-15(3)26-28(24(23)29)18-9-7-17(25)8-10-18/h7-14H,5-6H2,1-4H3. The lowest BCUT2D eigenvalue weighted by molar-refractivity contribution is -0.114. The number of anilines is 2. The molecule has 0 saturated heterocycles. The summed E-state index contributed by atoms with van der Waals surface area (Å²) in [5, 5.41) is 7.70. The van der Waals surface area contributed by atoms with E-state index in [-0.39, 0.29) is 5.91 Å². The van der Waals surface area contributed by atoms with Crippen molar-refractivity contribution in [2.45, 2.75) is 32.1 Å². The normalized spacial score (nSPS) is 18.5. The Morgan fingerprint density at radius 2 is 1.94 bits per heavy atom. The number of benzene rings is 2. The molecule has 0 N–H and O–H groups in total. The summed E-state index contributed by atoms with van der Waals surface area (Å²) in [4.78, 5) is 16.7. The van der Waals surface area contributed by atoms with Crippen molar-refractivity contribution in [3.8, 4) is 5.75 Å². The number of amides is 1. The molecule has 0 spiro atoms. The molecule has 2 aromatic carbocycles. The summed E-state index contributed by atoms with van der Waals surface area (Å²) in [5.41, 5.74) is 4.19. The molecule has 5 nitrogen and oxygen atoms in total. The number of halogens is 1. The smallest absolute Gasteiger partial charge is 0.280 e. The van der Waals surface area contributed by atoms with E-state index in [1.807, 2.05) is 13.0 Å². The maximum Gasteiger partial charge on any atom is 0.280 e. The maximum atomic E-state index is 13.3. The van der Waals surface area contributed by atoms with Crippen LogP contribution in [0.15, 0.2) is 74.7 Å². The Balaban J connectivity index is 1.71. The van der Waals surface area contributed by atoms with E-state index < -0.39 is 0 Å². The van der Waals surface area contributed by atoms with Gasteiger partial charge in [-0.1, -0.05) is 30.3 Å². The van der Waals surface area contributed by atoms with Gasteiger partial charge in [-0.3, -0.25) is 4.79 Å². The van der Waals surface area contributed by atoms with E-state index in [1.54, 1.807) is 43.1 Å². The lowest BCUT2D eigenvalue weighted by Gasteiger charge is -2.19. The first-order valence-corrected chi connectivity index (χ1v) is 11.4. The molecule has 160 valence electrons. The Bertz CT molecular complexity index is 1120. The second-order valence-corrected chi connectivity index (χ2v) is 8.69. The van der Waals surface area contributed by atoms with Crippen LogP contribution in [0.3, 0.4) is 0 Å². The molecule has 2 aliphatic heterocycles. The molecule has 0 bridgehead atoms. The molecule has 0 unspecified atom stereocenters. The quantitative estimate of drug-likeness (QED) is 0.502. The number of rotatable bonds is 5. The molecule has 7 heteroatoms. The van der Waals surface area contributed by atoms with Crippen LogP contribution >= 0.6 is 23.4 Å². The minimum atomic E-state index is -0.112. The van der Waals surface area contributed by atoms with E-state index in [0.717, 1.165) is 40.7 Å². The van der Waals surface area contributed by atoms with Crippen LogP contribution in [0.25, 0.3) is 0 Å². The summed E-state index contributed by atoms with van der Waals surface area (Å²) in [7, 11) is 1.68. The molecule has 0 fully saturated rings. The lowest BCUT2D eigenvalue weighted by atomic mass is 10.0. The van der Waals surface area contributed by atoms with E-state index in [1.165, 1.54) is 9.90 Å². The van der Waals surface area contributed by atoms with Gasteiger partial charge >= 0.3 is 0 Å². The van der Waals surface area contributed by atoms with Crippen molar-refractivity contribution in [2.24, 2.45) is 5.10 Å². The number of carbonyl (C=O) groups is 1. The van der Waals surface area contributed by atoms with Gasteiger partial charge in [0, 0.05) is 22.5 Å². The monoisotopic (exact) mass is 453 g/mol. The van der Waals surface area contributed by atoms with Crippen LogP contribution in [-0.4, -0.2) is 25.3 Å². The highest BCUT2D eigenvalue weighted by Crippen LogP contribution is 2.47. The van der Waals surface area contributed by atoms with Gasteiger partial charge in [0.25, 0.3) is 5.91 Å². The van der Waals surface area contributed by atoms with Crippen LogP contribution in [0.4, 0.5) is 11.4 Å². The summed E-state index contributed by atoms with van der Waals surface area (Å²) in [6, 6.07) is 13.2. The van der Waals surface area contributed by atoms with Crippen LogP contribution in [0.2, 0.25) is 5.02 Å². The van der Waals surface area contributed by atoms with Crippen molar-refractivity contribution in [1.29, 1.82) is 0 Å². The summed E-state index contributed by atoms with van der Waals surface area (Å²) >= 11 is 7.70. The summed E-state index contributed by atoms with van der Waals surface area (Å²) in [5.74, 6) is 0.722. The Morgan fingerprint density at radius 1 is 1.19 bits per heavy atom. The Kier molecular flexibility index (Phi) is 6.12. The van der Waals surface area contributed by atoms with Gasteiger partial charge in [-0.05, 0) is 68.3 Å². The van der Waals surface area contributed by atoms with Crippen molar-refractivity contribution in [2.75, 3.05) is 23.6 Å². The third-order valence-electron chi connectivity index (χ3n) is 5.34. The second-order valence-electron chi connectivity index (χ2n) is 7.20. The van der Waals surface area contributed by atoms with Crippen LogP contribution in [0, 0.1) is 0 Å². The molecular weight excluding hydrogens is 430 g/mol. The molecule has 0 radical (unpaired) electrons. The zero-order valence-electron chi connectivity index (χ0n) is 18.0. The number of nitrogens with zero attached hydrogens (tertiary/aromatic N) is 3. The summed E-state index contributed by atoms with van der Waals surface area (Å²) in [6.07, 6.45) is 2.85. The highest BCUT2D eigenvalue weighted by molar-refractivity contribution is 8.03. The fourth-order valence-corrected chi connectivity index (χ4v) is 5.07. The minimum Gasteiger partial charge on any atom is -0.497 e. The third kappa shape index (κ3) is 3.98. The number of fused-ring (bicyclic) bond motifs is 1. The Labute approximate surface area is 192 Å². The van der Waals surface area contributed by atoms with E-state index in [2.05, 4.69) is 42.1 Å². The molecule has 1 amide bonds. The van der Waals surface area contributed by atoms with Crippen LogP contribution < -0.4 is 14.6 Å². The lowest BCUT2D eigenvalue weighted by Crippen LogP contribution is -2.22. The van der Waals surface area contributed by atoms with Gasteiger partial charge in [-0.25, -0.2) is 0 Å². The number of hydrogen-bond donors (Lipinski definition) is 0. The molecule has 0 aromatic heterocycles. The van der Waals surface area contributed by atoms with Crippen molar-refractivity contribution in [3.63, 3.8) is 0 Å². The average Bonchev–Trinajstić information content (AvgIpc) is 3.27. The second kappa shape index (κ2) is 8.81. The fourth-order valence-electron chi connectivity index (χ4n) is 3.77. The summed E-state index contributed by atoms with van der Waals surface area (Å²) < 4.78 is 5.40. The van der Waals surface area contributed by atoms with E-state index in [9.17, 15) is 4.79 Å². The van der Waals surface area contributed by atoms with Gasteiger partial charge < -0.3 is 9.64 Å². The van der Waals surface area contributed by atoms with Gasteiger partial charge in [0.1, 0.15) is 5.75 Å². The molecule has 31 heavy (non-hydrogen) atoms. The fraction of sp³-hybridized carbons (Fsp3) is 0.250. The van der Waals surface area contributed by atoms with E-state index >= 15 is 0 Å².